The van der Waals surface area contributed by atoms with Crippen LogP contribution in [0.4, 0.5) is 22.7 Å². The van der Waals surface area contributed by atoms with Gasteiger partial charge in [-0.2, -0.15) is 5.26 Å². The first kappa shape index (κ1) is 16.5. The molecule has 2 aromatic carbocycles. The number of nitro benzene ring substituents is 1. The van der Waals surface area contributed by atoms with Crippen LogP contribution >= 0.6 is 0 Å². The molecule has 1 amide bonds. The highest BCUT2D eigenvalue weighted by Gasteiger charge is 2.13. The molecule has 8 nitrogen and oxygen atoms in total. The van der Waals surface area contributed by atoms with Gasteiger partial charge >= 0.3 is 0 Å². The topological polar surface area (TPSA) is 134 Å². The van der Waals surface area contributed by atoms with Gasteiger partial charge in [-0.1, -0.05) is 12.1 Å². The number of hydrogen-bond donors (Lipinski definition) is 3. The fraction of sp³-hybridized carbons (Fsp3) is 0. The molecule has 0 heterocycles. The molecule has 4 N–H and O–H groups in total. The van der Waals surface area contributed by atoms with E-state index in [2.05, 4.69) is 10.6 Å². The van der Waals surface area contributed by atoms with Gasteiger partial charge in [0.1, 0.15) is 17.3 Å². The Labute approximate surface area is 137 Å². The van der Waals surface area contributed by atoms with Gasteiger partial charge in [-0.25, -0.2) is 0 Å². The van der Waals surface area contributed by atoms with E-state index < -0.39 is 10.8 Å². The number of hydrogen-bond acceptors (Lipinski definition) is 6. The maximum atomic E-state index is 12.1. The van der Waals surface area contributed by atoms with Crippen molar-refractivity contribution in [1.82, 2.24) is 0 Å². The van der Waals surface area contributed by atoms with Gasteiger partial charge in [0.15, 0.2) is 0 Å². The standard InChI is InChI=1S/C16H13N5O3/c17-9-11(16(22)20-13-7-5-12(18)6-8-13)10-19-14-3-1-2-4-15(14)21(23)24/h1-8,10,19H,18H2,(H,20,22)/b11-10-. The largest absolute Gasteiger partial charge is 0.399 e. The zero-order valence-electron chi connectivity index (χ0n) is 12.4. The van der Waals surface area contributed by atoms with Gasteiger partial charge < -0.3 is 16.4 Å². The number of para-hydroxylation sites is 2. The molecule has 0 fully saturated rings. The van der Waals surface area contributed by atoms with E-state index in [0.29, 0.717) is 11.4 Å². The molecule has 0 bridgehead atoms. The number of nitrogens with two attached hydrogens (primary N) is 1. The summed E-state index contributed by atoms with van der Waals surface area (Å²) in [6, 6.07) is 14.1. The van der Waals surface area contributed by atoms with Crippen molar-refractivity contribution in [1.29, 1.82) is 5.26 Å². The Kier molecular flexibility index (Phi) is 5.10. The Hall–Kier alpha value is -3.86. The molecule has 120 valence electrons. The molecule has 0 unspecified atom stereocenters. The number of nitrogen functional groups attached to an aromatic ring is 1. The predicted octanol–water partition coefficient (Wildman–Crippen LogP) is 2.64. The molecule has 0 aromatic heterocycles. The van der Waals surface area contributed by atoms with Crippen LogP contribution in [0, 0.1) is 21.4 Å². The monoisotopic (exact) mass is 323 g/mol. The molecule has 2 rings (SSSR count). The van der Waals surface area contributed by atoms with Crippen LogP contribution < -0.4 is 16.4 Å². The smallest absolute Gasteiger partial charge is 0.292 e. The number of carbonyl (C=O) groups excluding carboxylic acids is 1. The fourth-order valence-corrected chi connectivity index (χ4v) is 1.82. The highest BCUT2D eigenvalue weighted by Crippen LogP contribution is 2.23. The maximum absolute atomic E-state index is 12.1. The lowest BCUT2D eigenvalue weighted by Crippen LogP contribution is -2.14. The average Bonchev–Trinajstić information content (AvgIpc) is 2.57. The Bertz CT molecular complexity index is 838. The van der Waals surface area contributed by atoms with Crippen LogP contribution in [0.2, 0.25) is 0 Å². The number of amides is 1. The third-order valence-corrected chi connectivity index (χ3v) is 3.01. The first-order chi connectivity index (χ1) is 11.5. The fourth-order valence-electron chi connectivity index (χ4n) is 1.82. The second-order valence-corrected chi connectivity index (χ2v) is 4.66. The van der Waals surface area contributed by atoms with E-state index in [1.54, 1.807) is 36.4 Å². The molecule has 0 radical (unpaired) electrons. The van der Waals surface area contributed by atoms with Crippen molar-refractivity contribution in [2.45, 2.75) is 0 Å². The van der Waals surface area contributed by atoms with Crippen LogP contribution in [-0.2, 0) is 4.79 Å². The molecule has 2 aromatic rings. The maximum Gasteiger partial charge on any atom is 0.292 e. The zero-order chi connectivity index (χ0) is 17.5. The van der Waals surface area contributed by atoms with Gasteiger partial charge in [0.25, 0.3) is 11.6 Å². The zero-order valence-corrected chi connectivity index (χ0v) is 12.4. The van der Waals surface area contributed by atoms with Gasteiger partial charge in [-0.3, -0.25) is 14.9 Å². The van der Waals surface area contributed by atoms with E-state index in [9.17, 15) is 14.9 Å². The third-order valence-electron chi connectivity index (χ3n) is 3.01. The van der Waals surface area contributed by atoms with Crippen molar-refractivity contribution < 1.29 is 9.72 Å². The highest BCUT2D eigenvalue weighted by molar-refractivity contribution is 6.06. The summed E-state index contributed by atoms with van der Waals surface area (Å²) in [5.41, 5.74) is 6.35. The van der Waals surface area contributed by atoms with E-state index in [4.69, 9.17) is 11.0 Å². The number of anilines is 3. The summed E-state index contributed by atoms with van der Waals surface area (Å²) in [6.45, 7) is 0. The van der Waals surface area contributed by atoms with E-state index in [1.807, 2.05) is 0 Å². The number of nitrogens with zero attached hydrogens (tertiary/aromatic N) is 2. The molecule has 8 heteroatoms. The lowest BCUT2D eigenvalue weighted by Gasteiger charge is -2.06. The Morgan fingerprint density at radius 3 is 2.50 bits per heavy atom. The number of nitro groups is 1. The molecule has 0 aliphatic carbocycles. The molecular weight excluding hydrogens is 310 g/mol. The van der Waals surface area contributed by atoms with Crippen molar-refractivity contribution in [2.24, 2.45) is 0 Å². The van der Waals surface area contributed by atoms with Gasteiger partial charge in [0, 0.05) is 23.6 Å². The molecule has 0 spiro atoms. The normalized spacial score (nSPS) is 10.5. The minimum atomic E-state index is -0.645. The molecule has 0 aliphatic rings. The molecule has 0 atom stereocenters. The Morgan fingerprint density at radius 2 is 1.88 bits per heavy atom. The van der Waals surface area contributed by atoms with E-state index in [1.165, 1.54) is 18.2 Å². The second-order valence-electron chi connectivity index (χ2n) is 4.66. The number of nitriles is 1. The highest BCUT2D eigenvalue weighted by atomic mass is 16.6. The van der Waals surface area contributed by atoms with Crippen molar-refractivity contribution >= 4 is 28.7 Å². The van der Waals surface area contributed by atoms with Crippen LogP contribution in [0.1, 0.15) is 0 Å². The molecule has 0 saturated carbocycles. The lowest BCUT2D eigenvalue weighted by molar-refractivity contribution is -0.383. The van der Waals surface area contributed by atoms with Crippen LogP contribution in [0.25, 0.3) is 0 Å². The summed E-state index contributed by atoms with van der Waals surface area (Å²) < 4.78 is 0. The number of rotatable bonds is 5. The first-order valence-corrected chi connectivity index (χ1v) is 6.78. The van der Waals surface area contributed by atoms with E-state index in [0.717, 1.165) is 6.20 Å². The van der Waals surface area contributed by atoms with Crippen LogP contribution in [-0.4, -0.2) is 10.8 Å². The van der Waals surface area contributed by atoms with Gasteiger partial charge in [-0.05, 0) is 30.3 Å². The third kappa shape index (κ3) is 4.08. The average molecular weight is 323 g/mol. The Morgan fingerprint density at radius 1 is 1.21 bits per heavy atom. The second kappa shape index (κ2) is 7.42. The van der Waals surface area contributed by atoms with Gasteiger partial charge in [-0.15, -0.1) is 0 Å². The minimum Gasteiger partial charge on any atom is -0.399 e. The predicted molar refractivity (Wildman–Crippen MR) is 89.9 cm³/mol. The minimum absolute atomic E-state index is 0.162. The van der Waals surface area contributed by atoms with Gasteiger partial charge in [0.05, 0.1) is 4.92 Å². The van der Waals surface area contributed by atoms with Gasteiger partial charge in [0.2, 0.25) is 0 Å². The van der Waals surface area contributed by atoms with Crippen LogP contribution in [0.15, 0.2) is 60.3 Å². The summed E-state index contributed by atoms with van der Waals surface area (Å²) >= 11 is 0. The van der Waals surface area contributed by atoms with Crippen LogP contribution in [0.5, 0.6) is 0 Å². The summed E-state index contributed by atoms with van der Waals surface area (Å²) in [6.07, 6.45) is 1.12. The Balaban J connectivity index is 2.15. The molecule has 24 heavy (non-hydrogen) atoms. The summed E-state index contributed by atoms with van der Waals surface area (Å²) in [5.74, 6) is -0.645. The van der Waals surface area contributed by atoms with E-state index >= 15 is 0 Å². The first-order valence-electron chi connectivity index (χ1n) is 6.78. The SMILES string of the molecule is N#C/C(=C/Nc1ccccc1[N+](=O)[O-])C(=O)Nc1ccc(N)cc1. The number of carbonyl (C=O) groups is 1. The summed E-state index contributed by atoms with van der Waals surface area (Å²) in [4.78, 5) is 22.4. The van der Waals surface area contributed by atoms with Crippen molar-refractivity contribution in [2.75, 3.05) is 16.4 Å². The quantitative estimate of drug-likeness (QED) is 0.254. The lowest BCUT2D eigenvalue weighted by atomic mass is 10.2. The number of benzene rings is 2. The van der Waals surface area contributed by atoms with Crippen molar-refractivity contribution in [3.63, 3.8) is 0 Å². The summed E-state index contributed by atoms with van der Waals surface area (Å²) in [5, 5.41) is 25.2. The number of nitrogens with one attached hydrogen (secondary N) is 2. The summed E-state index contributed by atoms with van der Waals surface area (Å²) in [7, 11) is 0. The molecule has 0 saturated heterocycles. The molecule has 0 aliphatic heterocycles. The molecular formula is C16H13N5O3. The van der Waals surface area contributed by atoms with E-state index in [-0.39, 0.29) is 16.9 Å². The van der Waals surface area contributed by atoms with Crippen molar-refractivity contribution in [3.8, 4) is 6.07 Å². The van der Waals surface area contributed by atoms with Crippen molar-refractivity contribution in [3.05, 3.63) is 70.4 Å². The van der Waals surface area contributed by atoms with Crippen LogP contribution in [0.3, 0.4) is 0 Å².